The Kier molecular flexibility index (Phi) is 1.04. The number of carbonyl (C=O) groups excluding carboxylic acids is 1. The van der Waals surface area contributed by atoms with Gasteiger partial charge in [0.2, 0.25) is 0 Å². The fourth-order valence-corrected chi connectivity index (χ4v) is 2.26. The van der Waals surface area contributed by atoms with Crippen molar-refractivity contribution in [3.05, 3.63) is 23.3 Å². The molecule has 0 N–H and O–H groups in total. The molecule has 0 aromatic heterocycles. The smallest absolute Gasteiger partial charge is 0.159 e. The number of ether oxygens (including phenoxy) is 1. The minimum Gasteiger partial charge on any atom is -0.360 e. The van der Waals surface area contributed by atoms with Crippen LogP contribution in [0.15, 0.2) is 23.3 Å². The number of hydrogen-bond acceptors (Lipinski definition) is 2. The fourth-order valence-electron chi connectivity index (χ4n) is 2.26. The average molecular weight is 162 g/mol. The summed E-state index contributed by atoms with van der Waals surface area (Å²) in [4.78, 5) is 11.4. The maximum atomic E-state index is 11.4. The predicted octanol–water partition coefficient (Wildman–Crippen LogP) is 1.23. The molecule has 0 radical (unpaired) electrons. The number of allylic oxidation sites excluding steroid dienone is 2. The molecule has 2 nitrogen and oxygen atoms in total. The molecule has 2 aliphatic carbocycles. The van der Waals surface area contributed by atoms with E-state index in [0.717, 1.165) is 5.57 Å². The average Bonchev–Trinajstić information content (AvgIpc) is 2.76. The number of hydrogen-bond donors (Lipinski definition) is 0. The molecule has 3 atom stereocenters. The Hall–Kier alpha value is -0.890. The van der Waals surface area contributed by atoms with Crippen LogP contribution in [-0.4, -0.2) is 18.0 Å². The molecule has 0 amide bonds. The Morgan fingerprint density at radius 1 is 1.50 bits per heavy atom. The molecule has 0 spiro atoms. The first-order valence-corrected chi connectivity index (χ1v) is 4.35. The van der Waals surface area contributed by atoms with Crippen molar-refractivity contribution in [2.45, 2.75) is 25.6 Å². The molecular formula is C10H10O2. The van der Waals surface area contributed by atoms with Crippen LogP contribution in [0.5, 0.6) is 0 Å². The first kappa shape index (κ1) is 6.61. The second-order valence-corrected chi connectivity index (χ2v) is 3.72. The predicted molar refractivity (Wildman–Crippen MR) is 43.6 cm³/mol. The standard InChI is InChI=1S/C10H10O2/c1-5-7(11)4-6-2-3-8-10(12-8)9(5)6/h2-3,6,8,10H,4H2,1H3. The number of epoxide rings is 1. The third-order valence-electron chi connectivity index (χ3n) is 3.02. The topological polar surface area (TPSA) is 29.6 Å². The maximum absolute atomic E-state index is 11.4. The van der Waals surface area contributed by atoms with Gasteiger partial charge in [-0.15, -0.1) is 0 Å². The highest BCUT2D eigenvalue weighted by atomic mass is 16.6. The van der Waals surface area contributed by atoms with E-state index in [2.05, 4.69) is 12.2 Å². The van der Waals surface area contributed by atoms with Gasteiger partial charge >= 0.3 is 0 Å². The summed E-state index contributed by atoms with van der Waals surface area (Å²) in [7, 11) is 0. The van der Waals surface area contributed by atoms with E-state index in [9.17, 15) is 4.79 Å². The summed E-state index contributed by atoms with van der Waals surface area (Å²) in [6.07, 6.45) is 5.43. The summed E-state index contributed by atoms with van der Waals surface area (Å²) < 4.78 is 5.41. The zero-order chi connectivity index (χ0) is 8.29. The van der Waals surface area contributed by atoms with Gasteiger partial charge in [0.05, 0.1) is 0 Å². The van der Waals surface area contributed by atoms with Crippen molar-refractivity contribution >= 4 is 5.78 Å². The van der Waals surface area contributed by atoms with Gasteiger partial charge in [-0.1, -0.05) is 12.2 Å². The summed E-state index contributed by atoms with van der Waals surface area (Å²) in [5.74, 6) is 0.664. The van der Waals surface area contributed by atoms with Crippen molar-refractivity contribution in [3.8, 4) is 0 Å². The van der Waals surface area contributed by atoms with Crippen molar-refractivity contribution in [1.82, 2.24) is 0 Å². The van der Waals surface area contributed by atoms with Crippen molar-refractivity contribution in [2.24, 2.45) is 5.92 Å². The van der Waals surface area contributed by atoms with Gasteiger partial charge in [0.1, 0.15) is 12.2 Å². The lowest BCUT2D eigenvalue weighted by Crippen LogP contribution is -2.09. The fraction of sp³-hybridized carbons (Fsp3) is 0.500. The number of fused-ring (bicyclic) bond motifs is 3. The van der Waals surface area contributed by atoms with Crippen LogP contribution < -0.4 is 0 Å². The number of rotatable bonds is 0. The van der Waals surface area contributed by atoms with E-state index in [1.54, 1.807) is 0 Å². The van der Waals surface area contributed by atoms with E-state index in [4.69, 9.17) is 4.74 Å². The van der Waals surface area contributed by atoms with Crippen LogP contribution in [0.4, 0.5) is 0 Å². The van der Waals surface area contributed by atoms with Gasteiger partial charge in [0.15, 0.2) is 5.78 Å². The second-order valence-electron chi connectivity index (χ2n) is 3.72. The Labute approximate surface area is 70.9 Å². The highest BCUT2D eigenvalue weighted by Gasteiger charge is 2.48. The first-order valence-electron chi connectivity index (χ1n) is 4.35. The zero-order valence-corrected chi connectivity index (χ0v) is 6.91. The van der Waals surface area contributed by atoms with Crippen LogP contribution in [0.25, 0.3) is 0 Å². The van der Waals surface area contributed by atoms with Gasteiger partial charge in [0, 0.05) is 12.3 Å². The molecule has 0 bridgehead atoms. The van der Waals surface area contributed by atoms with Gasteiger partial charge in [-0.2, -0.15) is 0 Å². The van der Waals surface area contributed by atoms with Crippen LogP contribution in [0, 0.1) is 5.92 Å². The van der Waals surface area contributed by atoms with E-state index in [1.807, 2.05) is 6.92 Å². The highest BCUT2D eigenvalue weighted by molar-refractivity contribution is 5.99. The molecule has 0 aromatic rings. The van der Waals surface area contributed by atoms with Crippen LogP contribution in [-0.2, 0) is 9.53 Å². The molecule has 62 valence electrons. The molecule has 1 heterocycles. The van der Waals surface area contributed by atoms with Crippen molar-refractivity contribution in [2.75, 3.05) is 0 Å². The number of Topliss-reactive ketones (excluding diaryl/α,β-unsaturated/α-hetero) is 1. The summed E-state index contributed by atoms with van der Waals surface area (Å²) in [5.41, 5.74) is 2.21. The van der Waals surface area contributed by atoms with E-state index in [1.165, 1.54) is 5.57 Å². The monoisotopic (exact) mass is 162 g/mol. The largest absolute Gasteiger partial charge is 0.360 e. The lowest BCUT2D eigenvalue weighted by molar-refractivity contribution is -0.115. The third-order valence-corrected chi connectivity index (χ3v) is 3.02. The van der Waals surface area contributed by atoms with Crippen molar-refractivity contribution in [1.29, 1.82) is 0 Å². The Morgan fingerprint density at radius 2 is 2.33 bits per heavy atom. The van der Waals surface area contributed by atoms with Crippen LogP contribution in [0.2, 0.25) is 0 Å². The summed E-state index contributed by atoms with van der Waals surface area (Å²) in [6, 6.07) is 0. The molecule has 0 saturated carbocycles. The highest BCUT2D eigenvalue weighted by Crippen LogP contribution is 2.45. The Balaban J connectivity index is 2.12. The van der Waals surface area contributed by atoms with Crippen molar-refractivity contribution in [3.63, 3.8) is 0 Å². The molecule has 2 heteroatoms. The van der Waals surface area contributed by atoms with Crippen LogP contribution in [0.1, 0.15) is 13.3 Å². The SMILES string of the molecule is CC1=C2C(C=CC3OC23)CC1=O. The summed E-state index contributed by atoms with van der Waals surface area (Å²) in [6.45, 7) is 1.93. The van der Waals surface area contributed by atoms with Gasteiger partial charge in [-0.25, -0.2) is 0 Å². The second kappa shape index (κ2) is 1.88. The Morgan fingerprint density at radius 3 is 3.17 bits per heavy atom. The lowest BCUT2D eigenvalue weighted by Gasteiger charge is -2.10. The van der Waals surface area contributed by atoms with Crippen molar-refractivity contribution < 1.29 is 9.53 Å². The Bertz CT molecular complexity index is 325. The molecular weight excluding hydrogens is 152 g/mol. The molecule has 12 heavy (non-hydrogen) atoms. The molecule has 3 aliphatic rings. The molecule has 1 saturated heterocycles. The van der Waals surface area contributed by atoms with Gasteiger partial charge < -0.3 is 4.74 Å². The lowest BCUT2D eigenvalue weighted by atomic mass is 9.91. The molecule has 3 rings (SSSR count). The van der Waals surface area contributed by atoms with E-state index < -0.39 is 0 Å². The number of ketones is 1. The molecule has 1 fully saturated rings. The van der Waals surface area contributed by atoms with Gasteiger partial charge in [-0.3, -0.25) is 4.79 Å². The summed E-state index contributed by atoms with van der Waals surface area (Å²) in [5, 5.41) is 0. The normalized spacial score (nSPS) is 43.1. The minimum atomic E-state index is 0.256. The first-order chi connectivity index (χ1) is 5.77. The molecule has 3 unspecified atom stereocenters. The minimum absolute atomic E-state index is 0.256. The quantitative estimate of drug-likeness (QED) is 0.396. The number of carbonyl (C=O) groups is 1. The molecule has 0 aromatic carbocycles. The van der Waals surface area contributed by atoms with E-state index in [0.29, 0.717) is 18.1 Å². The van der Waals surface area contributed by atoms with E-state index >= 15 is 0 Å². The molecule has 1 aliphatic heterocycles. The zero-order valence-electron chi connectivity index (χ0n) is 6.91. The van der Waals surface area contributed by atoms with Gasteiger partial charge in [-0.05, 0) is 18.1 Å². The van der Waals surface area contributed by atoms with Gasteiger partial charge in [0.25, 0.3) is 0 Å². The maximum Gasteiger partial charge on any atom is 0.159 e. The third kappa shape index (κ3) is 0.661. The van der Waals surface area contributed by atoms with Crippen LogP contribution in [0.3, 0.4) is 0 Å². The van der Waals surface area contributed by atoms with E-state index in [-0.39, 0.29) is 12.2 Å². The summed E-state index contributed by atoms with van der Waals surface area (Å²) >= 11 is 0. The van der Waals surface area contributed by atoms with Crippen LogP contribution >= 0.6 is 0 Å².